The number of hydrogen-bond acceptors (Lipinski definition) is 2. The molecule has 0 fully saturated rings. The van der Waals surface area contributed by atoms with E-state index in [1.807, 2.05) is 0 Å². The van der Waals surface area contributed by atoms with Crippen LogP contribution in [-0.2, 0) is 12.7 Å². The van der Waals surface area contributed by atoms with Gasteiger partial charge in [-0.2, -0.15) is 13.2 Å². The van der Waals surface area contributed by atoms with Crippen LogP contribution in [0.25, 0.3) is 0 Å². The quantitative estimate of drug-likeness (QED) is 0.683. The van der Waals surface area contributed by atoms with Gasteiger partial charge < -0.3 is 0 Å². The fourth-order valence-electron chi connectivity index (χ4n) is 0.857. The normalized spacial score (nSPS) is 11.4. The average Bonchev–Trinajstić information content (AvgIpc) is 2.07. The van der Waals surface area contributed by atoms with Crippen molar-refractivity contribution in [2.45, 2.75) is 12.7 Å². The van der Waals surface area contributed by atoms with E-state index in [1.54, 1.807) is 0 Å². The van der Waals surface area contributed by atoms with Crippen LogP contribution in [0.15, 0.2) is 29.8 Å². The Bertz CT molecular complexity index is 394. The SMILES string of the molecule is C=CCn1cnc(C(F)(F)F)cc1=O. The summed E-state index contributed by atoms with van der Waals surface area (Å²) in [5.74, 6) is 0. The molecule has 3 nitrogen and oxygen atoms in total. The summed E-state index contributed by atoms with van der Waals surface area (Å²) in [4.78, 5) is 14.2. The summed E-state index contributed by atoms with van der Waals surface area (Å²) in [6, 6.07) is 0.462. The third-order valence-electron chi connectivity index (χ3n) is 1.50. The highest BCUT2D eigenvalue weighted by Crippen LogP contribution is 2.25. The first-order valence-electron chi connectivity index (χ1n) is 3.69. The maximum absolute atomic E-state index is 12.1. The molecule has 0 atom stereocenters. The monoisotopic (exact) mass is 204 g/mol. The van der Waals surface area contributed by atoms with Crippen LogP contribution in [0.5, 0.6) is 0 Å². The number of hydrogen-bond donors (Lipinski definition) is 0. The summed E-state index contributed by atoms with van der Waals surface area (Å²) >= 11 is 0. The van der Waals surface area contributed by atoms with Gasteiger partial charge in [-0.1, -0.05) is 6.08 Å². The standard InChI is InChI=1S/C8H7F3N2O/c1-2-3-13-5-12-6(4-7(13)14)8(9,10)11/h2,4-5H,1,3H2. The first-order chi connectivity index (χ1) is 6.45. The molecule has 0 N–H and O–H groups in total. The van der Waals surface area contributed by atoms with E-state index in [4.69, 9.17) is 0 Å². The van der Waals surface area contributed by atoms with Gasteiger partial charge in [0.1, 0.15) is 0 Å². The molecule has 0 aliphatic heterocycles. The van der Waals surface area contributed by atoms with Crippen molar-refractivity contribution >= 4 is 0 Å². The highest BCUT2D eigenvalue weighted by atomic mass is 19.4. The Morgan fingerprint density at radius 1 is 1.57 bits per heavy atom. The summed E-state index contributed by atoms with van der Waals surface area (Å²) in [6.45, 7) is 3.50. The first-order valence-corrected chi connectivity index (χ1v) is 3.69. The molecule has 1 aromatic rings. The molecule has 0 aliphatic carbocycles. The minimum absolute atomic E-state index is 0.143. The molecule has 1 rings (SSSR count). The Balaban J connectivity index is 3.13. The average molecular weight is 204 g/mol. The van der Waals surface area contributed by atoms with Gasteiger partial charge in [-0.15, -0.1) is 6.58 Å². The molecule has 0 radical (unpaired) electrons. The lowest BCUT2D eigenvalue weighted by molar-refractivity contribution is -0.141. The zero-order valence-electron chi connectivity index (χ0n) is 7.08. The fraction of sp³-hybridized carbons (Fsp3) is 0.250. The van der Waals surface area contributed by atoms with Crippen LogP contribution in [-0.4, -0.2) is 9.55 Å². The van der Waals surface area contributed by atoms with Crippen molar-refractivity contribution in [2.75, 3.05) is 0 Å². The van der Waals surface area contributed by atoms with E-state index in [0.29, 0.717) is 6.07 Å². The van der Waals surface area contributed by atoms with E-state index >= 15 is 0 Å². The Morgan fingerprint density at radius 2 is 2.21 bits per heavy atom. The van der Waals surface area contributed by atoms with Gasteiger partial charge in [-0.3, -0.25) is 9.36 Å². The molecule has 0 spiro atoms. The van der Waals surface area contributed by atoms with Gasteiger partial charge in [-0.25, -0.2) is 4.98 Å². The highest BCUT2D eigenvalue weighted by Gasteiger charge is 2.32. The predicted molar refractivity (Wildman–Crippen MR) is 43.7 cm³/mol. The summed E-state index contributed by atoms with van der Waals surface area (Å²) in [7, 11) is 0. The summed E-state index contributed by atoms with van der Waals surface area (Å²) in [5, 5.41) is 0. The van der Waals surface area contributed by atoms with Gasteiger partial charge in [0, 0.05) is 12.6 Å². The molecular weight excluding hydrogens is 197 g/mol. The smallest absolute Gasteiger partial charge is 0.295 e. The third kappa shape index (κ3) is 2.21. The van der Waals surface area contributed by atoms with E-state index in [2.05, 4.69) is 11.6 Å². The van der Waals surface area contributed by atoms with E-state index in [-0.39, 0.29) is 6.54 Å². The molecule has 0 amide bonds. The van der Waals surface area contributed by atoms with Gasteiger partial charge in [0.2, 0.25) is 0 Å². The topological polar surface area (TPSA) is 34.9 Å². The van der Waals surface area contributed by atoms with Crippen LogP contribution < -0.4 is 5.56 Å². The zero-order chi connectivity index (χ0) is 10.8. The molecule has 0 saturated heterocycles. The molecule has 14 heavy (non-hydrogen) atoms. The first kappa shape index (κ1) is 10.5. The number of allylic oxidation sites excluding steroid dienone is 1. The van der Waals surface area contributed by atoms with E-state index in [1.165, 1.54) is 6.08 Å². The van der Waals surface area contributed by atoms with E-state index in [9.17, 15) is 18.0 Å². The molecule has 0 bridgehead atoms. The van der Waals surface area contributed by atoms with Crippen LogP contribution in [0.3, 0.4) is 0 Å². The third-order valence-corrected chi connectivity index (χ3v) is 1.50. The molecule has 76 valence electrons. The Morgan fingerprint density at radius 3 is 2.64 bits per heavy atom. The Hall–Kier alpha value is -1.59. The van der Waals surface area contributed by atoms with Crippen LogP contribution >= 0.6 is 0 Å². The van der Waals surface area contributed by atoms with Crippen molar-refractivity contribution in [3.63, 3.8) is 0 Å². The van der Waals surface area contributed by atoms with Gasteiger partial charge in [0.15, 0.2) is 5.69 Å². The molecule has 0 saturated carbocycles. The summed E-state index contributed by atoms with van der Waals surface area (Å²) in [5.41, 5.74) is -1.92. The van der Waals surface area contributed by atoms with Crippen LogP contribution in [0.1, 0.15) is 5.69 Å². The second-order valence-electron chi connectivity index (χ2n) is 2.55. The van der Waals surface area contributed by atoms with Crippen LogP contribution in [0, 0.1) is 0 Å². The van der Waals surface area contributed by atoms with Crippen LogP contribution in [0.2, 0.25) is 0 Å². The second-order valence-corrected chi connectivity index (χ2v) is 2.55. The number of halogens is 3. The van der Waals surface area contributed by atoms with Gasteiger partial charge in [0.05, 0.1) is 6.33 Å². The van der Waals surface area contributed by atoms with Crippen molar-refractivity contribution in [3.05, 3.63) is 41.1 Å². The maximum atomic E-state index is 12.1. The minimum atomic E-state index is -4.58. The van der Waals surface area contributed by atoms with E-state index < -0.39 is 17.4 Å². The van der Waals surface area contributed by atoms with Gasteiger partial charge >= 0.3 is 6.18 Å². The largest absolute Gasteiger partial charge is 0.433 e. The molecule has 0 aromatic carbocycles. The molecule has 6 heteroatoms. The van der Waals surface area contributed by atoms with Gasteiger partial charge in [0.25, 0.3) is 5.56 Å². The molecular formula is C8H7F3N2O. The summed E-state index contributed by atoms with van der Waals surface area (Å²) < 4.78 is 37.2. The number of aromatic nitrogens is 2. The summed E-state index contributed by atoms with van der Waals surface area (Å²) in [6.07, 6.45) is -2.32. The highest BCUT2D eigenvalue weighted by molar-refractivity contribution is 5.03. The van der Waals surface area contributed by atoms with Crippen molar-refractivity contribution in [3.8, 4) is 0 Å². The van der Waals surface area contributed by atoms with Crippen molar-refractivity contribution < 1.29 is 13.2 Å². The zero-order valence-corrected chi connectivity index (χ0v) is 7.08. The molecule has 0 unspecified atom stereocenters. The molecule has 1 heterocycles. The molecule has 0 aliphatic rings. The molecule has 1 aromatic heterocycles. The van der Waals surface area contributed by atoms with Crippen molar-refractivity contribution in [1.29, 1.82) is 0 Å². The number of alkyl halides is 3. The Kier molecular flexibility index (Phi) is 2.73. The second kappa shape index (κ2) is 3.65. The Labute approximate surface area is 77.5 Å². The lowest BCUT2D eigenvalue weighted by atomic mass is 10.4. The lowest BCUT2D eigenvalue weighted by Gasteiger charge is -2.06. The van der Waals surface area contributed by atoms with Crippen LogP contribution in [0.4, 0.5) is 13.2 Å². The fourth-order valence-corrected chi connectivity index (χ4v) is 0.857. The predicted octanol–water partition coefficient (Wildman–Crippen LogP) is 1.45. The van der Waals surface area contributed by atoms with E-state index in [0.717, 1.165) is 10.9 Å². The maximum Gasteiger partial charge on any atom is 0.433 e. The van der Waals surface area contributed by atoms with Crippen molar-refractivity contribution in [1.82, 2.24) is 9.55 Å². The van der Waals surface area contributed by atoms with Gasteiger partial charge in [-0.05, 0) is 0 Å². The van der Waals surface area contributed by atoms with Crippen molar-refractivity contribution in [2.24, 2.45) is 0 Å². The number of rotatable bonds is 2. The lowest BCUT2D eigenvalue weighted by Crippen LogP contribution is -2.22. The minimum Gasteiger partial charge on any atom is -0.295 e. The number of nitrogens with zero attached hydrogens (tertiary/aromatic N) is 2.